The van der Waals surface area contributed by atoms with Crippen LogP contribution in [0.15, 0.2) is 55.3 Å². The van der Waals surface area contributed by atoms with E-state index in [1.807, 2.05) is 57.2 Å². The van der Waals surface area contributed by atoms with Crippen molar-refractivity contribution in [2.24, 2.45) is 0 Å². The largest absolute Gasteiger partial charge is 0.256 e. The highest BCUT2D eigenvalue weighted by molar-refractivity contribution is 5.72. The lowest BCUT2D eigenvalue weighted by atomic mass is 10.1. The van der Waals surface area contributed by atoms with E-state index in [1.54, 1.807) is 12.3 Å². The zero-order chi connectivity index (χ0) is 14.2. The topological polar surface area (TPSA) is 12.9 Å². The Bertz CT molecular complexity index is 334. The number of allylic oxidation sites excluding steroid dienone is 5. The molecule has 0 radical (unpaired) electrons. The Labute approximate surface area is 113 Å². The Kier molecular flexibility index (Phi) is 16.0. The summed E-state index contributed by atoms with van der Waals surface area (Å²) < 4.78 is 0. The molecule has 0 aliphatic heterocycles. The van der Waals surface area contributed by atoms with E-state index >= 15 is 0 Å². The molecule has 0 unspecified atom stereocenters. The Morgan fingerprint density at radius 3 is 2.28 bits per heavy atom. The molecule has 0 spiro atoms. The van der Waals surface area contributed by atoms with E-state index in [0.717, 1.165) is 11.3 Å². The van der Waals surface area contributed by atoms with Crippen LogP contribution in [-0.2, 0) is 0 Å². The van der Waals surface area contributed by atoms with Gasteiger partial charge in [0.25, 0.3) is 0 Å². The lowest BCUT2D eigenvalue weighted by molar-refractivity contribution is 1.09. The molecule has 0 bridgehead atoms. The standard InChI is InChI=1S/C12H13N.C3H8.C2H6/c1-3-7-11(8-4-2)12-9-5-6-10-13-12;1-3-2;1-2/h3-10H,1H2,2H3;3H2,1-2H3;1-2H3/b8-4-,11-7+;;. The lowest BCUT2D eigenvalue weighted by Crippen LogP contribution is -1.84. The van der Waals surface area contributed by atoms with Crippen LogP contribution in [0.4, 0.5) is 0 Å². The minimum Gasteiger partial charge on any atom is -0.256 e. The van der Waals surface area contributed by atoms with Gasteiger partial charge in [-0.05, 0) is 24.6 Å². The molecule has 1 rings (SSSR count). The number of pyridine rings is 1. The van der Waals surface area contributed by atoms with Crippen molar-refractivity contribution in [3.8, 4) is 0 Å². The van der Waals surface area contributed by atoms with Gasteiger partial charge in [0, 0.05) is 6.20 Å². The molecular formula is C17H27N. The van der Waals surface area contributed by atoms with Crippen molar-refractivity contribution >= 4 is 5.57 Å². The van der Waals surface area contributed by atoms with Crippen LogP contribution in [0.5, 0.6) is 0 Å². The zero-order valence-corrected chi connectivity index (χ0v) is 12.5. The summed E-state index contributed by atoms with van der Waals surface area (Å²) in [4.78, 5) is 4.25. The average Bonchev–Trinajstić information content (AvgIpc) is 2.43. The van der Waals surface area contributed by atoms with Crippen molar-refractivity contribution in [2.45, 2.75) is 41.0 Å². The van der Waals surface area contributed by atoms with Crippen LogP contribution in [0.2, 0.25) is 0 Å². The number of aromatic nitrogens is 1. The fourth-order valence-electron chi connectivity index (χ4n) is 1.07. The Morgan fingerprint density at radius 2 is 1.89 bits per heavy atom. The zero-order valence-electron chi connectivity index (χ0n) is 12.5. The first kappa shape index (κ1) is 18.7. The highest BCUT2D eigenvalue weighted by Gasteiger charge is 1.94. The molecule has 1 aromatic rings. The summed E-state index contributed by atoms with van der Waals surface area (Å²) in [5.41, 5.74) is 2.05. The molecule has 100 valence electrons. The van der Waals surface area contributed by atoms with Crippen molar-refractivity contribution in [1.29, 1.82) is 0 Å². The maximum atomic E-state index is 4.25. The predicted octanol–water partition coefficient (Wildman–Crippen LogP) is 5.67. The Hall–Kier alpha value is -1.63. The lowest BCUT2D eigenvalue weighted by Gasteiger charge is -1.98. The molecule has 0 fully saturated rings. The molecule has 0 aliphatic carbocycles. The van der Waals surface area contributed by atoms with E-state index in [1.165, 1.54) is 6.42 Å². The maximum Gasteiger partial charge on any atom is 0.0701 e. The van der Waals surface area contributed by atoms with Crippen LogP contribution < -0.4 is 0 Å². The van der Waals surface area contributed by atoms with E-state index < -0.39 is 0 Å². The fraction of sp³-hybridized carbons (Fsp3) is 0.353. The molecule has 0 saturated carbocycles. The molecule has 0 saturated heterocycles. The number of nitrogens with zero attached hydrogens (tertiary/aromatic N) is 1. The molecule has 0 aliphatic rings. The minimum atomic E-state index is 0.973. The second-order valence-corrected chi connectivity index (χ2v) is 3.28. The van der Waals surface area contributed by atoms with Gasteiger partial charge in [0.15, 0.2) is 0 Å². The third-order valence-corrected chi connectivity index (χ3v) is 1.60. The van der Waals surface area contributed by atoms with Gasteiger partial charge in [0.2, 0.25) is 0 Å². The Morgan fingerprint density at radius 1 is 1.28 bits per heavy atom. The first-order chi connectivity index (χ1) is 8.79. The van der Waals surface area contributed by atoms with Gasteiger partial charge >= 0.3 is 0 Å². The summed E-state index contributed by atoms with van der Waals surface area (Å²) >= 11 is 0. The first-order valence-corrected chi connectivity index (χ1v) is 6.66. The van der Waals surface area contributed by atoms with E-state index in [0.29, 0.717) is 0 Å². The molecular weight excluding hydrogens is 218 g/mol. The van der Waals surface area contributed by atoms with Crippen LogP contribution in [0, 0.1) is 0 Å². The van der Waals surface area contributed by atoms with Gasteiger partial charge in [-0.2, -0.15) is 0 Å². The normalized spacial score (nSPS) is 9.94. The van der Waals surface area contributed by atoms with Crippen molar-refractivity contribution < 1.29 is 0 Å². The monoisotopic (exact) mass is 245 g/mol. The SMILES string of the molecule is C=C/C=C(\C=C/C)c1ccccn1.CC.CCC. The van der Waals surface area contributed by atoms with Gasteiger partial charge in [-0.1, -0.05) is 71.1 Å². The summed E-state index contributed by atoms with van der Waals surface area (Å²) in [6.45, 7) is 13.9. The highest BCUT2D eigenvalue weighted by atomic mass is 14.7. The summed E-state index contributed by atoms with van der Waals surface area (Å²) in [7, 11) is 0. The van der Waals surface area contributed by atoms with E-state index in [2.05, 4.69) is 25.4 Å². The number of hydrogen-bond acceptors (Lipinski definition) is 1. The van der Waals surface area contributed by atoms with Crippen LogP contribution in [0.25, 0.3) is 5.57 Å². The van der Waals surface area contributed by atoms with E-state index in [9.17, 15) is 0 Å². The average molecular weight is 245 g/mol. The highest BCUT2D eigenvalue weighted by Crippen LogP contribution is 2.12. The molecule has 0 amide bonds. The van der Waals surface area contributed by atoms with Gasteiger partial charge < -0.3 is 0 Å². The molecule has 0 N–H and O–H groups in total. The summed E-state index contributed by atoms with van der Waals surface area (Å²) in [6, 6.07) is 5.86. The third kappa shape index (κ3) is 9.59. The van der Waals surface area contributed by atoms with Crippen LogP contribution in [0.3, 0.4) is 0 Å². The minimum absolute atomic E-state index is 0.973. The smallest absolute Gasteiger partial charge is 0.0701 e. The Balaban J connectivity index is 0. The molecule has 0 atom stereocenters. The van der Waals surface area contributed by atoms with Gasteiger partial charge in [-0.15, -0.1) is 0 Å². The van der Waals surface area contributed by atoms with Gasteiger partial charge in [0.1, 0.15) is 0 Å². The van der Waals surface area contributed by atoms with E-state index in [-0.39, 0.29) is 0 Å². The molecule has 0 aromatic carbocycles. The summed E-state index contributed by atoms with van der Waals surface area (Å²) in [6.07, 6.45) is 10.8. The van der Waals surface area contributed by atoms with Crippen LogP contribution >= 0.6 is 0 Å². The van der Waals surface area contributed by atoms with E-state index in [4.69, 9.17) is 0 Å². The van der Waals surface area contributed by atoms with Crippen molar-refractivity contribution in [1.82, 2.24) is 4.98 Å². The first-order valence-electron chi connectivity index (χ1n) is 6.66. The molecule has 1 heterocycles. The van der Waals surface area contributed by atoms with Crippen molar-refractivity contribution in [3.05, 3.63) is 61.0 Å². The molecule has 1 nitrogen and oxygen atoms in total. The maximum absolute atomic E-state index is 4.25. The van der Waals surface area contributed by atoms with Gasteiger partial charge in [-0.3, -0.25) is 4.98 Å². The van der Waals surface area contributed by atoms with Crippen LogP contribution in [0.1, 0.15) is 46.7 Å². The molecule has 1 heteroatoms. The number of rotatable bonds is 3. The summed E-state index contributed by atoms with van der Waals surface area (Å²) in [5, 5.41) is 0. The molecule has 18 heavy (non-hydrogen) atoms. The van der Waals surface area contributed by atoms with Gasteiger partial charge in [0.05, 0.1) is 5.69 Å². The summed E-state index contributed by atoms with van der Waals surface area (Å²) in [5.74, 6) is 0. The second-order valence-electron chi connectivity index (χ2n) is 3.28. The second kappa shape index (κ2) is 15.4. The van der Waals surface area contributed by atoms with Crippen molar-refractivity contribution in [2.75, 3.05) is 0 Å². The predicted molar refractivity (Wildman–Crippen MR) is 84.5 cm³/mol. The molecule has 1 aromatic heterocycles. The third-order valence-electron chi connectivity index (χ3n) is 1.60. The van der Waals surface area contributed by atoms with Gasteiger partial charge in [-0.25, -0.2) is 0 Å². The van der Waals surface area contributed by atoms with Crippen LogP contribution in [-0.4, -0.2) is 4.98 Å². The quantitative estimate of drug-likeness (QED) is 0.625. The van der Waals surface area contributed by atoms with Crippen molar-refractivity contribution in [3.63, 3.8) is 0 Å². The fourth-order valence-corrected chi connectivity index (χ4v) is 1.07. The number of hydrogen-bond donors (Lipinski definition) is 0.